The van der Waals surface area contributed by atoms with E-state index in [-0.39, 0.29) is 24.3 Å². The maximum atomic E-state index is 16.4. The van der Waals surface area contributed by atoms with Crippen molar-refractivity contribution in [2.24, 2.45) is 0 Å². The van der Waals surface area contributed by atoms with Crippen LogP contribution in [0.1, 0.15) is 40.5 Å². The van der Waals surface area contributed by atoms with Crippen LogP contribution in [-0.2, 0) is 6.18 Å². The summed E-state index contributed by atoms with van der Waals surface area (Å²) in [7, 11) is 0. The predicted molar refractivity (Wildman–Crippen MR) is 148 cm³/mol. The fraction of sp³-hybridized carbons (Fsp3) is 0.357. The van der Waals surface area contributed by atoms with Crippen molar-refractivity contribution in [1.82, 2.24) is 20.3 Å². The van der Waals surface area contributed by atoms with E-state index in [0.29, 0.717) is 55.9 Å². The molecule has 4 heterocycles. The molecule has 0 bridgehead atoms. The Hall–Kier alpha value is -4.33. The zero-order valence-electron chi connectivity index (χ0n) is 22.8. The van der Waals surface area contributed by atoms with E-state index in [0.717, 1.165) is 6.07 Å². The third-order valence-corrected chi connectivity index (χ3v) is 7.21. The zero-order valence-corrected chi connectivity index (χ0v) is 22.8. The minimum atomic E-state index is -5.03. The number of nitrogens with one attached hydrogen (secondary N) is 3. The minimum Gasteiger partial charge on any atom is -0.367 e. The zero-order chi connectivity index (χ0) is 30.2. The Morgan fingerprint density at radius 2 is 1.90 bits per heavy atom. The summed E-state index contributed by atoms with van der Waals surface area (Å²) in [6.45, 7) is 5.45. The number of H-pyrrole nitrogens is 1. The fourth-order valence-corrected chi connectivity index (χ4v) is 5.23. The monoisotopic (exact) mass is 589 g/mol. The van der Waals surface area contributed by atoms with Gasteiger partial charge in [0.2, 0.25) is 5.56 Å². The van der Waals surface area contributed by atoms with Gasteiger partial charge in [-0.3, -0.25) is 9.59 Å². The van der Waals surface area contributed by atoms with Gasteiger partial charge in [0.05, 0.1) is 22.4 Å². The minimum absolute atomic E-state index is 0.00637. The van der Waals surface area contributed by atoms with Crippen LogP contribution in [0.25, 0.3) is 5.57 Å². The van der Waals surface area contributed by atoms with Gasteiger partial charge in [-0.2, -0.15) is 13.2 Å². The van der Waals surface area contributed by atoms with Crippen LogP contribution in [0.5, 0.6) is 0 Å². The Morgan fingerprint density at radius 3 is 2.62 bits per heavy atom. The van der Waals surface area contributed by atoms with E-state index in [1.54, 1.807) is 24.0 Å². The number of hydrogen-bond acceptors (Lipinski definition) is 7. The van der Waals surface area contributed by atoms with Crippen LogP contribution in [0.15, 0.2) is 41.6 Å². The van der Waals surface area contributed by atoms with E-state index >= 15 is 8.78 Å². The Labute approximate surface area is 237 Å². The Bertz CT molecular complexity index is 1600. The average molecular weight is 590 g/mol. The summed E-state index contributed by atoms with van der Waals surface area (Å²) < 4.78 is 73.3. The van der Waals surface area contributed by atoms with E-state index in [1.807, 2.05) is 11.8 Å². The van der Waals surface area contributed by atoms with Gasteiger partial charge in [-0.05, 0) is 25.8 Å². The standard InChI is InChI=1S/C28H28F5N7O2/c1-15-8-22(37-14-36-15)40-6-3-4-17(13-40)24-20(29)10-21(39-7-5-34-16(2)12-39)26(25(24)30)38-27(42)18-11-35-23(41)9-19(18)28(31,32)33/h4,8-11,14,16,34H,3,5-7,12-13H2,1-2H3,(H,35,41)(H,38,42)/t16-/m0/s1. The van der Waals surface area contributed by atoms with E-state index in [4.69, 9.17) is 0 Å². The van der Waals surface area contributed by atoms with Crippen molar-refractivity contribution < 1.29 is 26.7 Å². The number of halogens is 5. The maximum Gasteiger partial charge on any atom is 0.417 e. The number of carbonyl (C=O) groups excluding carboxylic acids is 1. The summed E-state index contributed by atoms with van der Waals surface area (Å²) in [5, 5.41) is 5.48. The quantitative estimate of drug-likeness (QED) is 0.385. The second-order valence-corrected chi connectivity index (χ2v) is 10.3. The van der Waals surface area contributed by atoms with Crippen LogP contribution in [0.2, 0.25) is 0 Å². The highest BCUT2D eigenvalue weighted by Gasteiger charge is 2.37. The third-order valence-electron chi connectivity index (χ3n) is 7.21. The van der Waals surface area contributed by atoms with Crippen molar-refractivity contribution in [2.45, 2.75) is 32.5 Å². The molecular formula is C28H28F5N7O2. The fourth-order valence-electron chi connectivity index (χ4n) is 5.23. The molecule has 2 aliphatic heterocycles. The van der Waals surface area contributed by atoms with Gasteiger partial charge in [0.15, 0.2) is 5.82 Å². The van der Waals surface area contributed by atoms with Crippen LogP contribution in [-0.4, -0.2) is 59.6 Å². The Kier molecular flexibility index (Phi) is 7.99. The molecule has 3 N–H and O–H groups in total. The molecule has 3 aromatic rings. The number of hydrogen-bond donors (Lipinski definition) is 3. The second kappa shape index (κ2) is 11.5. The number of carbonyl (C=O) groups is 1. The maximum absolute atomic E-state index is 16.4. The molecule has 1 atom stereocenters. The average Bonchev–Trinajstić information content (AvgIpc) is 2.94. The third kappa shape index (κ3) is 5.98. The van der Waals surface area contributed by atoms with Crippen LogP contribution < -0.4 is 26.0 Å². The number of piperazine rings is 1. The molecule has 0 unspecified atom stereocenters. The van der Waals surface area contributed by atoms with E-state index in [1.165, 1.54) is 6.33 Å². The summed E-state index contributed by atoms with van der Waals surface area (Å²) >= 11 is 0. The second-order valence-electron chi connectivity index (χ2n) is 10.3. The van der Waals surface area contributed by atoms with Gasteiger partial charge in [0.1, 0.15) is 23.6 Å². The Morgan fingerprint density at radius 1 is 1.12 bits per heavy atom. The van der Waals surface area contributed by atoms with Gasteiger partial charge in [0, 0.05) is 68.9 Å². The lowest BCUT2D eigenvalue weighted by molar-refractivity contribution is -0.138. The first kappa shape index (κ1) is 29.2. The van der Waals surface area contributed by atoms with Gasteiger partial charge >= 0.3 is 6.18 Å². The number of aromatic amines is 1. The van der Waals surface area contributed by atoms with E-state index < -0.39 is 51.7 Å². The summed E-state index contributed by atoms with van der Waals surface area (Å²) in [5.74, 6) is -2.73. The van der Waals surface area contributed by atoms with Crippen molar-refractivity contribution in [3.8, 4) is 0 Å². The highest BCUT2D eigenvalue weighted by molar-refractivity contribution is 6.07. The molecular weight excluding hydrogens is 561 g/mol. The first-order valence-corrected chi connectivity index (χ1v) is 13.3. The molecule has 2 aliphatic rings. The van der Waals surface area contributed by atoms with Crippen molar-refractivity contribution >= 4 is 28.7 Å². The summed E-state index contributed by atoms with van der Waals surface area (Å²) in [6, 6.07) is 3.04. The molecule has 1 saturated heterocycles. The van der Waals surface area contributed by atoms with Crippen LogP contribution in [0.3, 0.4) is 0 Å². The highest BCUT2D eigenvalue weighted by Crippen LogP contribution is 2.39. The lowest BCUT2D eigenvalue weighted by Crippen LogP contribution is -2.49. The molecule has 5 rings (SSSR count). The molecule has 2 aromatic heterocycles. The Balaban J connectivity index is 1.58. The van der Waals surface area contributed by atoms with Crippen LogP contribution in [0, 0.1) is 18.6 Å². The van der Waals surface area contributed by atoms with Crippen LogP contribution >= 0.6 is 0 Å². The van der Waals surface area contributed by atoms with Crippen molar-refractivity contribution in [1.29, 1.82) is 0 Å². The van der Waals surface area contributed by atoms with Gasteiger partial charge in [-0.25, -0.2) is 18.7 Å². The highest BCUT2D eigenvalue weighted by atomic mass is 19.4. The van der Waals surface area contributed by atoms with Gasteiger partial charge in [0.25, 0.3) is 5.91 Å². The number of aryl methyl sites for hydroxylation is 1. The number of anilines is 3. The smallest absolute Gasteiger partial charge is 0.367 e. The molecule has 0 radical (unpaired) electrons. The number of pyridine rings is 1. The first-order valence-electron chi connectivity index (χ1n) is 13.3. The van der Waals surface area contributed by atoms with Crippen molar-refractivity contribution in [2.75, 3.05) is 47.8 Å². The normalized spacial score (nSPS) is 17.7. The largest absolute Gasteiger partial charge is 0.417 e. The number of amides is 1. The molecule has 42 heavy (non-hydrogen) atoms. The summed E-state index contributed by atoms with van der Waals surface area (Å²) in [4.78, 5) is 38.7. The number of rotatable bonds is 5. The number of benzene rings is 1. The van der Waals surface area contributed by atoms with Gasteiger partial charge in [-0.15, -0.1) is 0 Å². The molecule has 222 valence electrons. The van der Waals surface area contributed by atoms with Crippen LogP contribution in [0.4, 0.5) is 39.1 Å². The number of aromatic nitrogens is 3. The molecule has 1 aromatic carbocycles. The lowest BCUT2D eigenvalue weighted by Gasteiger charge is -2.35. The summed E-state index contributed by atoms with van der Waals surface area (Å²) in [5.41, 5.74) is -3.29. The topological polar surface area (TPSA) is 106 Å². The molecule has 14 heteroatoms. The van der Waals surface area contributed by atoms with Gasteiger partial charge < -0.3 is 25.4 Å². The molecule has 0 spiro atoms. The van der Waals surface area contributed by atoms with Crippen molar-refractivity contribution in [3.63, 3.8) is 0 Å². The van der Waals surface area contributed by atoms with E-state index in [9.17, 15) is 22.8 Å². The molecule has 0 saturated carbocycles. The molecule has 1 fully saturated rings. The van der Waals surface area contributed by atoms with Crippen molar-refractivity contribution in [3.05, 3.63) is 81.2 Å². The number of nitrogens with zero attached hydrogens (tertiary/aromatic N) is 4. The first-order chi connectivity index (χ1) is 19.9. The predicted octanol–water partition coefficient (Wildman–Crippen LogP) is 4.11. The SMILES string of the molecule is Cc1cc(N2CCC=C(c3c(F)cc(N4CCN[C@@H](C)C4)c(NC(=O)c4c[nH]c(=O)cc4C(F)(F)F)c3F)C2)ncn1. The molecule has 9 nitrogen and oxygen atoms in total. The van der Waals surface area contributed by atoms with E-state index in [2.05, 4.69) is 25.6 Å². The lowest BCUT2D eigenvalue weighted by atomic mass is 9.97. The summed E-state index contributed by atoms with van der Waals surface area (Å²) in [6.07, 6.45) is -0.871. The number of alkyl halides is 3. The van der Waals surface area contributed by atoms with Gasteiger partial charge in [-0.1, -0.05) is 6.08 Å². The molecule has 1 amide bonds. The molecule has 0 aliphatic carbocycles.